The van der Waals surface area contributed by atoms with E-state index in [4.69, 9.17) is 4.74 Å². The summed E-state index contributed by atoms with van der Waals surface area (Å²) in [6, 6.07) is 20.0. The summed E-state index contributed by atoms with van der Waals surface area (Å²) in [5.74, 6) is -0.141. The Morgan fingerprint density at radius 2 is 1.70 bits per heavy atom. The van der Waals surface area contributed by atoms with Crippen LogP contribution in [0.5, 0.6) is 0 Å². The number of halogens is 3. The van der Waals surface area contributed by atoms with Crippen LogP contribution in [0.15, 0.2) is 79.0 Å². The highest BCUT2D eigenvalue weighted by molar-refractivity contribution is 5.89. The standard InChI is InChI=1S/C33H34F3N3O5/c1-2-44-31(40)26-10-8-23(9-11-26)18-24-14-16-37(17-15-24)22-32(41,33(34,35)36)29-21-38(20-25-6-4-3-5-7-25)30-19-27(39(42)43)12-13-28(29)30/h3-13,19,21,24,41H,2,14-18,20,22H2,1H3. The number of hydrogen-bond donors (Lipinski definition) is 1. The molecule has 0 bridgehead atoms. The predicted molar refractivity (Wildman–Crippen MR) is 159 cm³/mol. The first-order valence-corrected chi connectivity index (χ1v) is 14.6. The van der Waals surface area contributed by atoms with E-state index >= 15 is 0 Å². The number of non-ortho nitro benzene ring substituents is 1. The third-order valence-corrected chi connectivity index (χ3v) is 8.34. The normalized spacial score (nSPS) is 16.1. The van der Waals surface area contributed by atoms with E-state index in [0.717, 1.165) is 17.5 Å². The second kappa shape index (κ2) is 12.8. The molecule has 1 N–H and O–H groups in total. The van der Waals surface area contributed by atoms with Gasteiger partial charge in [-0.25, -0.2) is 4.79 Å². The van der Waals surface area contributed by atoms with Gasteiger partial charge < -0.3 is 14.4 Å². The monoisotopic (exact) mass is 609 g/mol. The Morgan fingerprint density at radius 3 is 2.32 bits per heavy atom. The Balaban J connectivity index is 1.36. The van der Waals surface area contributed by atoms with E-state index in [0.29, 0.717) is 38.1 Å². The molecule has 2 heterocycles. The van der Waals surface area contributed by atoms with Crippen LogP contribution < -0.4 is 0 Å². The van der Waals surface area contributed by atoms with E-state index in [2.05, 4.69) is 0 Å². The minimum atomic E-state index is -5.00. The second-order valence-corrected chi connectivity index (χ2v) is 11.3. The first kappa shape index (κ1) is 31.2. The summed E-state index contributed by atoms with van der Waals surface area (Å²) in [6.07, 6.45) is -1.70. The smallest absolute Gasteiger partial charge is 0.422 e. The van der Waals surface area contributed by atoms with Crippen molar-refractivity contribution >= 4 is 22.6 Å². The summed E-state index contributed by atoms with van der Waals surface area (Å²) < 4.78 is 50.9. The van der Waals surface area contributed by atoms with Crippen molar-refractivity contribution in [2.45, 2.75) is 44.5 Å². The Morgan fingerprint density at radius 1 is 1.02 bits per heavy atom. The molecule has 11 heteroatoms. The topological polar surface area (TPSA) is 97.8 Å². The number of aromatic nitrogens is 1. The molecule has 0 amide bonds. The molecule has 4 aromatic rings. The van der Waals surface area contributed by atoms with Crippen LogP contribution in [-0.2, 0) is 23.3 Å². The van der Waals surface area contributed by atoms with Gasteiger partial charge in [0.25, 0.3) is 5.69 Å². The van der Waals surface area contributed by atoms with Gasteiger partial charge in [-0.15, -0.1) is 0 Å². The molecule has 0 aliphatic carbocycles. The Kier molecular flexibility index (Phi) is 9.07. The molecular weight excluding hydrogens is 575 g/mol. The van der Waals surface area contributed by atoms with Gasteiger partial charge in [0.05, 0.1) is 22.6 Å². The molecule has 1 saturated heterocycles. The third-order valence-electron chi connectivity index (χ3n) is 8.34. The van der Waals surface area contributed by atoms with Crippen molar-refractivity contribution in [1.82, 2.24) is 9.47 Å². The number of ether oxygens (including phenoxy) is 1. The van der Waals surface area contributed by atoms with Crippen LogP contribution in [0.3, 0.4) is 0 Å². The van der Waals surface area contributed by atoms with Crippen molar-refractivity contribution in [3.8, 4) is 0 Å². The summed E-state index contributed by atoms with van der Waals surface area (Å²) in [6.45, 7) is 2.31. The van der Waals surface area contributed by atoms with Crippen LogP contribution in [-0.4, -0.2) is 57.9 Å². The van der Waals surface area contributed by atoms with Crippen molar-refractivity contribution < 1.29 is 32.7 Å². The Labute approximate surface area is 252 Å². The highest BCUT2D eigenvalue weighted by Crippen LogP contribution is 2.44. The van der Waals surface area contributed by atoms with E-state index in [-0.39, 0.29) is 40.6 Å². The molecule has 3 aromatic carbocycles. The summed E-state index contributed by atoms with van der Waals surface area (Å²) >= 11 is 0. The van der Waals surface area contributed by atoms with E-state index in [1.165, 1.54) is 29.0 Å². The molecule has 1 aliphatic rings. The molecule has 0 radical (unpaired) electrons. The third kappa shape index (κ3) is 6.63. The van der Waals surface area contributed by atoms with Crippen molar-refractivity contribution in [2.24, 2.45) is 5.92 Å². The van der Waals surface area contributed by atoms with Crippen LogP contribution in [0, 0.1) is 16.0 Å². The van der Waals surface area contributed by atoms with E-state index in [9.17, 15) is 33.2 Å². The summed E-state index contributed by atoms with van der Waals surface area (Å²) in [7, 11) is 0. The number of nitrogens with zero attached hydrogens (tertiary/aromatic N) is 3. The van der Waals surface area contributed by atoms with Gasteiger partial charge in [0, 0.05) is 42.4 Å². The van der Waals surface area contributed by atoms with Crippen LogP contribution in [0.25, 0.3) is 10.9 Å². The minimum Gasteiger partial charge on any atom is -0.462 e. The fourth-order valence-corrected chi connectivity index (χ4v) is 5.96. The number of piperidine rings is 1. The lowest BCUT2D eigenvalue weighted by atomic mass is 9.87. The number of nitro benzene ring substituents is 1. The van der Waals surface area contributed by atoms with Gasteiger partial charge in [0.1, 0.15) is 0 Å². The SMILES string of the molecule is CCOC(=O)c1ccc(CC2CCN(CC(O)(c3cn(Cc4ccccc4)c4cc([N+](=O)[O-])ccc34)C(F)(F)F)CC2)cc1. The number of carbonyl (C=O) groups is 1. The summed E-state index contributed by atoms with van der Waals surface area (Å²) in [5.41, 5.74) is -1.22. The molecule has 1 fully saturated rings. The number of alkyl halides is 3. The van der Waals surface area contributed by atoms with E-state index in [1.54, 1.807) is 36.1 Å². The maximum Gasteiger partial charge on any atom is 0.422 e. The molecule has 232 valence electrons. The quantitative estimate of drug-likeness (QED) is 0.126. The lowest BCUT2D eigenvalue weighted by molar-refractivity contribution is -0.384. The lowest BCUT2D eigenvalue weighted by Gasteiger charge is -2.39. The van der Waals surface area contributed by atoms with Gasteiger partial charge in [-0.2, -0.15) is 13.2 Å². The largest absolute Gasteiger partial charge is 0.462 e. The molecular formula is C33H34F3N3O5. The highest BCUT2D eigenvalue weighted by atomic mass is 19.4. The maximum atomic E-state index is 14.8. The van der Waals surface area contributed by atoms with Gasteiger partial charge in [0.15, 0.2) is 0 Å². The average molecular weight is 610 g/mol. The number of fused-ring (bicyclic) bond motifs is 1. The van der Waals surface area contributed by atoms with Gasteiger partial charge in [-0.05, 0) is 74.5 Å². The van der Waals surface area contributed by atoms with Gasteiger partial charge in [0.2, 0.25) is 5.60 Å². The lowest BCUT2D eigenvalue weighted by Crippen LogP contribution is -2.52. The summed E-state index contributed by atoms with van der Waals surface area (Å²) in [5, 5.41) is 23.1. The van der Waals surface area contributed by atoms with Crippen molar-refractivity contribution in [3.05, 3.63) is 111 Å². The zero-order valence-corrected chi connectivity index (χ0v) is 24.3. The van der Waals surface area contributed by atoms with Gasteiger partial charge in [-0.1, -0.05) is 42.5 Å². The molecule has 0 spiro atoms. The molecule has 1 atom stereocenters. The average Bonchev–Trinajstić information content (AvgIpc) is 3.36. The number of carbonyl (C=O) groups excluding carboxylic acids is 1. The molecule has 8 nitrogen and oxygen atoms in total. The fourth-order valence-electron chi connectivity index (χ4n) is 5.96. The Bertz CT molecular complexity index is 1610. The highest BCUT2D eigenvalue weighted by Gasteiger charge is 2.57. The van der Waals surface area contributed by atoms with Gasteiger partial charge in [-0.3, -0.25) is 15.0 Å². The van der Waals surface area contributed by atoms with Crippen LogP contribution in [0.1, 0.15) is 46.8 Å². The van der Waals surface area contributed by atoms with E-state index in [1.807, 2.05) is 30.3 Å². The number of β-amino-alcohol motifs (C(OH)–C–C–N with tert-alkyl or cyclic N) is 1. The zero-order valence-electron chi connectivity index (χ0n) is 24.3. The maximum absolute atomic E-state index is 14.8. The fraction of sp³-hybridized carbons (Fsp3) is 0.364. The number of benzene rings is 3. The number of nitro groups is 1. The zero-order chi connectivity index (χ0) is 31.5. The molecule has 1 aromatic heterocycles. The summed E-state index contributed by atoms with van der Waals surface area (Å²) in [4.78, 5) is 24.4. The number of esters is 1. The molecule has 0 saturated carbocycles. The van der Waals surface area contributed by atoms with Crippen molar-refractivity contribution in [1.29, 1.82) is 0 Å². The van der Waals surface area contributed by atoms with Crippen molar-refractivity contribution in [3.63, 3.8) is 0 Å². The predicted octanol–water partition coefficient (Wildman–Crippen LogP) is 6.48. The molecule has 44 heavy (non-hydrogen) atoms. The molecule has 1 unspecified atom stereocenters. The Hall–Kier alpha value is -4.22. The van der Waals surface area contributed by atoms with E-state index < -0.39 is 23.2 Å². The number of hydrogen-bond acceptors (Lipinski definition) is 6. The number of aliphatic hydroxyl groups is 1. The van der Waals surface area contributed by atoms with Gasteiger partial charge >= 0.3 is 12.1 Å². The number of rotatable bonds is 10. The van der Waals surface area contributed by atoms with Crippen LogP contribution in [0.4, 0.5) is 18.9 Å². The minimum absolute atomic E-state index is 0.118. The molecule has 5 rings (SSSR count). The second-order valence-electron chi connectivity index (χ2n) is 11.3. The van der Waals surface area contributed by atoms with Crippen LogP contribution >= 0.6 is 0 Å². The van der Waals surface area contributed by atoms with Crippen LogP contribution in [0.2, 0.25) is 0 Å². The number of likely N-dealkylation sites (tertiary alicyclic amines) is 1. The first-order valence-electron chi connectivity index (χ1n) is 14.6. The van der Waals surface area contributed by atoms with Crippen molar-refractivity contribution in [2.75, 3.05) is 26.2 Å². The first-order chi connectivity index (χ1) is 21.0. The molecule has 1 aliphatic heterocycles.